The van der Waals surface area contributed by atoms with Crippen molar-refractivity contribution in [1.82, 2.24) is 9.80 Å². The maximum Gasteiger partial charge on any atom is 0.332 e. The number of ether oxygens (including phenoxy) is 2. The summed E-state index contributed by atoms with van der Waals surface area (Å²) in [6, 6.07) is 15.2. The van der Waals surface area contributed by atoms with E-state index in [0.717, 1.165) is 24.1 Å². The van der Waals surface area contributed by atoms with Gasteiger partial charge in [-0.3, -0.25) is 9.69 Å². The molecule has 33 heavy (non-hydrogen) atoms. The number of nitrogens with zero attached hydrogens (tertiary/aromatic N) is 2. The Morgan fingerprint density at radius 1 is 1.15 bits per heavy atom. The zero-order valence-electron chi connectivity index (χ0n) is 19.0. The quantitative estimate of drug-likeness (QED) is 0.460. The van der Waals surface area contributed by atoms with Crippen molar-refractivity contribution in [1.29, 1.82) is 0 Å². The van der Waals surface area contributed by atoms with Crippen LogP contribution in [0, 0.1) is 0 Å². The van der Waals surface area contributed by atoms with Crippen LogP contribution in [0.2, 0.25) is 10.0 Å². The molecule has 0 aliphatic carbocycles. The van der Waals surface area contributed by atoms with E-state index in [1.165, 1.54) is 0 Å². The van der Waals surface area contributed by atoms with Gasteiger partial charge >= 0.3 is 5.97 Å². The van der Waals surface area contributed by atoms with Gasteiger partial charge in [0, 0.05) is 26.7 Å². The Balaban J connectivity index is 1.64. The molecule has 1 heterocycles. The van der Waals surface area contributed by atoms with Gasteiger partial charge in [-0.25, -0.2) is 4.79 Å². The SMILES string of the molecule is CCOC(=O)COC1CCN(CC(c2ccccc2)N(C)C(=O)Cc2ccc(Cl)c(Cl)c2)C1. The topological polar surface area (TPSA) is 59.1 Å². The van der Waals surface area contributed by atoms with E-state index in [0.29, 0.717) is 29.7 Å². The van der Waals surface area contributed by atoms with Gasteiger partial charge in [-0.05, 0) is 36.6 Å². The van der Waals surface area contributed by atoms with Gasteiger partial charge in [-0.1, -0.05) is 59.6 Å². The van der Waals surface area contributed by atoms with E-state index in [9.17, 15) is 9.59 Å². The third kappa shape index (κ3) is 7.44. The molecular weight excluding hydrogens is 463 g/mol. The van der Waals surface area contributed by atoms with Crippen LogP contribution >= 0.6 is 23.2 Å². The highest BCUT2D eigenvalue weighted by molar-refractivity contribution is 6.42. The van der Waals surface area contributed by atoms with Crippen LogP contribution in [0.3, 0.4) is 0 Å². The molecular formula is C25H30Cl2N2O4. The highest BCUT2D eigenvalue weighted by Crippen LogP contribution is 2.26. The van der Waals surface area contributed by atoms with Gasteiger partial charge in [-0.2, -0.15) is 0 Å². The van der Waals surface area contributed by atoms with E-state index in [-0.39, 0.29) is 37.0 Å². The average Bonchev–Trinajstić information content (AvgIpc) is 3.26. The summed E-state index contributed by atoms with van der Waals surface area (Å²) in [6.07, 6.45) is 1.05. The second-order valence-electron chi connectivity index (χ2n) is 8.14. The van der Waals surface area contributed by atoms with Crippen molar-refractivity contribution in [3.05, 3.63) is 69.7 Å². The minimum absolute atomic E-state index is 0.00319. The van der Waals surface area contributed by atoms with Crippen molar-refractivity contribution >= 4 is 35.1 Å². The Hall–Kier alpha value is -2.12. The summed E-state index contributed by atoms with van der Waals surface area (Å²) in [5.41, 5.74) is 1.89. The van der Waals surface area contributed by atoms with Crippen molar-refractivity contribution in [2.24, 2.45) is 0 Å². The van der Waals surface area contributed by atoms with Crippen LogP contribution in [-0.2, 0) is 25.5 Å². The molecule has 2 unspecified atom stereocenters. The Labute approximate surface area is 205 Å². The van der Waals surface area contributed by atoms with Crippen molar-refractivity contribution in [3.63, 3.8) is 0 Å². The molecule has 0 N–H and O–H groups in total. The minimum atomic E-state index is -0.342. The molecule has 3 rings (SSSR count). The third-order valence-corrected chi connectivity index (χ3v) is 6.53. The van der Waals surface area contributed by atoms with Gasteiger partial charge in [0.25, 0.3) is 0 Å². The average molecular weight is 493 g/mol. The van der Waals surface area contributed by atoms with Gasteiger partial charge in [0.2, 0.25) is 5.91 Å². The predicted molar refractivity (Wildman–Crippen MR) is 130 cm³/mol. The lowest BCUT2D eigenvalue weighted by Gasteiger charge is -2.32. The van der Waals surface area contributed by atoms with E-state index in [1.54, 1.807) is 24.0 Å². The van der Waals surface area contributed by atoms with Crippen LogP contribution in [0.4, 0.5) is 0 Å². The molecule has 2 aromatic carbocycles. The van der Waals surface area contributed by atoms with E-state index in [4.69, 9.17) is 32.7 Å². The van der Waals surface area contributed by atoms with Crippen molar-refractivity contribution in [3.8, 4) is 0 Å². The fraction of sp³-hybridized carbons (Fsp3) is 0.440. The van der Waals surface area contributed by atoms with Crippen molar-refractivity contribution < 1.29 is 19.1 Å². The fourth-order valence-electron chi connectivity index (χ4n) is 3.98. The third-order valence-electron chi connectivity index (χ3n) is 5.79. The fourth-order valence-corrected chi connectivity index (χ4v) is 4.30. The molecule has 1 aliphatic rings. The minimum Gasteiger partial charge on any atom is -0.464 e. The molecule has 0 aromatic heterocycles. The number of amides is 1. The zero-order chi connectivity index (χ0) is 23.8. The molecule has 1 aliphatic heterocycles. The number of likely N-dealkylation sites (N-methyl/N-ethyl adjacent to an activating group) is 1. The molecule has 0 saturated carbocycles. The number of benzene rings is 2. The number of carbonyl (C=O) groups is 2. The Bertz CT molecular complexity index is 941. The summed E-state index contributed by atoms with van der Waals surface area (Å²) < 4.78 is 10.7. The van der Waals surface area contributed by atoms with Crippen molar-refractivity contribution in [2.45, 2.75) is 31.9 Å². The van der Waals surface area contributed by atoms with Crippen LogP contribution in [0.25, 0.3) is 0 Å². The smallest absolute Gasteiger partial charge is 0.332 e. The Morgan fingerprint density at radius 3 is 2.61 bits per heavy atom. The number of halogens is 2. The summed E-state index contributed by atoms with van der Waals surface area (Å²) in [5.74, 6) is -0.345. The number of likely N-dealkylation sites (tertiary alicyclic amines) is 1. The van der Waals surface area contributed by atoms with Gasteiger partial charge in [0.1, 0.15) is 6.61 Å². The van der Waals surface area contributed by atoms with Crippen LogP contribution in [0.15, 0.2) is 48.5 Å². The van der Waals surface area contributed by atoms with Gasteiger partial charge in [0.15, 0.2) is 0 Å². The summed E-state index contributed by atoms with van der Waals surface area (Å²) in [6.45, 7) is 4.31. The molecule has 0 radical (unpaired) electrons. The van der Waals surface area contributed by atoms with Crippen LogP contribution in [0.1, 0.15) is 30.5 Å². The number of hydrogen-bond donors (Lipinski definition) is 0. The summed E-state index contributed by atoms with van der Waals surface area (Å²) in [5, 5.41) is 0.910. The lowest BCUT2D eigenvalue weighted by molar-refractivity contribution is -0.150. The highest BCUT2D eigenvalue weighted by atomic mass is 35.5. The lowest BCUT2D eigenvalue weighted by atomic mass is 10.0. The molecule has 1 amide bonds. The van der Waals surface area contributed by atoms with Gasteiger partial charge < -0.3 is 14.4 Å². The number of esters is 1. The molecule has 2 aromatic rings. The van der Waals surface area contributed by atoms with E-state index in [1.807, 2.05) is 43.4 Å². The summed E-state index contributed by atoms with van der Waals surface area (Å²) in [7, 11) is 1.84. The predicted octanol–water partition coefficient (Wildman–Crippen LogP) is 4.39. The summed E-state index contributed by atoms with van der Waals surface area (Å²) >= 11 is 12.1. The Morgan fingerprint density at radius 2 is 1.91 bits per heavy atom. The number of carbonyl (C=O) groups excluding carboxylic acids is 2. The number of hydrogen-bond acceptors (Lipinski definition) is 5. The maximum atomic E-state index is 13.2. The van der Waals surface area contributed by atoms with Crippen LogP contribution in [-0.4, -0.2) is 67.7 Å². The van der Waals surface area contributed by atoms with Crippen LogP contribution < -0.4 is 0 Å². The second kappa shape index (κ2) is 12.4. The van der Waals surface area contributed by atoms with Gasteiger partial charge in [-0.15, -0.1) is 0 Å². The molecule has 6 nitrogen and oxygen atoms in total. The van der Waals surface area contributed by atoms with E-state index < -0.39 is 0 Å². The van der Waals surface area contributed by atoms with Crippen LogP contribution in [0.5, 0.6) is 0 Å². The molecule has 1 saturated heterocycles. The van der Waals surface area contributed by atoms with E-state index in [2.05, 4.69) is 4.90 Å². The first-order valence-corrected chi connectivity index (χ1v) is 11.9. The molecule has 2 atom stereocenters. The largest absolute Gasteiger partial charge is 0.464 e. The lowest BCUT2D eigenvalue weighted by Crippen LogP contribution is -2.39. The van der Waals surface area contributed by atoms with Gasteiger partial charge in [0.05, 0.1) is 35.2 Å². The van der Waals surface area contributed by atoms with E-state index >= 15 is 0 Å². The number of rotatable bonds is 10. The molecule has 8 heteroatoms. The summed E-state index contributed by atoms with van der Waals surface area (Å²) in [4.78, 5) is 28.8. The first kappa shape index (κ1) is 25.5. The monoisotopic (exact) mass is 492 g/mol. The standard InChI is InChI=1S/C25H30Cl2N2O4/c1-3-32-25(31)17-33-20-11-12-29(15-20)16-23(19-7-5-4-6-8-19)28(2)24(30)14-18-9-10-21(26)22(27)13-18/h4-10,13,20,23H,3,11-12,14-17H2,1-2H3. The second-order valence-corrected chi connectivity index (χ2v) is 8.96. The first-order chi connectivity index (χ1) is 15.9. The zero-order valence-corrected chi connectivity index (χ0v) is 20.5. The molecule has 0 bridgehead atoms. The molecule has 178 valence electrons. The Kier molecular flexibility index (Phi) is 9.56. The molecule has 1 fully saturated rings. The maximum absolute atomic E-state index is 13.2. The van der Waals surface area contributed by atoms with Crippen molar-refractivity contribution in [2.75, 3.05) is 39.9 Å². The molecule has 0 spiro atoms. The normalized spacial score (nSPS) is 17.0. The first-order valence-electron chi connectivity index (χ1n) is 11.1. The highest BCUT2D eigenvalue weighted by Gasteiger charge is 2.29.